The topological polar surface area (TPSA) is 91.5 Å². The summed E-state index contributed by atoms with van der Waals surface area (Å²) in [5.41, 5.74) is 8.92. The molecule has 0 unspecified atom stereocenters. The monoisotopic (exact) mass is 357 g/mol. The van der Waals surface area contributed by atoms with E-state index in [0.717, 1.165) is 17.1 Å². The highest BCUT2D eigenvalue weighted by molar-refractivity contribution is 6.33. The summed E-state index contributed by atoms with van der Waals surface area (Å²) in [6.45, 7) is 0. The minimum atomic E-state index is -0.354. The van der Waals surface area contributed by atoms with Gasteiger partial charge in [-0.3, -0.25) is 9.79 Å². The molecule has 0 aromatic heterocycles. The molecule has 0 radical (unpaired) electrons. The first-order valence-corrected chi connectivity index (χ1v) is 7.95. The number of halogens is 1. The van der Waals surface area contributed by atoms with E-state index >= 15 is 0 Å². The average molecular weight is 358 g/mol. The van der Waals surface area contributed by atoms with Crippen molar-refractivity contribution in [3.63, 3.8) is 0 Å². The van der Waals surface area contributed by atoms with Gasteiger partial charge in [0.1, 0.15) is 0 Å². The summed E-state index contributed by atoms with van der Waals surface area (Å²) in [6.07, 6.45) is 2.59. The van der Waals surface area contributed by atoms with Gasteiger partial charge in [-0.25, -0.2) is 0 Å². The second-order valence-electron chi connectivity index (χ2n) is 5.11. The van der Waals surface area contributed by atoms with Crippen LogP contribution in [-0.2, 0) is 4.79 Å². The fourth-order valence-corrected chi connectivity index (χ4v) is 2.32. The van der Waals surface area contributed by atoms with Crippen LogP contribution in [0, 0.1) is 0 Å². The van der Waals surface area contributed by atoms with E-state index in [1.54, 1.807) is 25.2 Å². The van der Waals surface area contributed by atoms with Crippen molar-refractivity contribution in [2.45, 2.75) is 0 Å². The van der Waals surface area contributed by atoms with Crippen LogP contribution in [0.5, 0.6) is 0 Å². The molecule has 2 aromatic rings. The third-order valence-electron chi connectivity index (χ3n) is 3.39. The van der Waals surface area contributed by atoms with Crippen molar-refractivity contribution >= 4 is 46.5 Å². The zero-order valence-electron chi connectivity index (χ0n) is 14.0. The van der Waals surface area contributed by atoms with Crippen LogP contribution in [0.1, 0.15) is 0 Å². The van der Waals surface area contributed by atoms with Crippen molar-refractivity contribution in [3.05, 3.63) is 59.3 Å². The van der Waals surface area contributed by atoms with Crippen LogP contribution in [0.15, 0.2) is 59.2 Å². The van der Waals surface area contributed by atoms with E-state index in [9.17, 15) is 4.79 Å². The Morgan fingerprint density at radius 3 is 2.32 bits per heavy atom. The lowest BCUT2D eigenvalue weighted by atomic mass is 10.2. The maximum absolute atomic E-state index is 12.1. The predicted molar refractivity (Wildman–Crippen MR) is 106 cm³/mol. The van der Waals surface area contributed by atoms with Gasteiger partial charge in [0.25, 0.3) is 5.91 Å². The quantitative estimate of drug-likeness (QED) is 0.469. The van der Waals surface area contributed by atoms with E-state index in [-0.39, 0.29) is 11.5 Å². The number of rotatable bonds is 6. The second kappa shape index (κ2) is 8.75. The summed E-state index contributed by atoms with van der Waals surface area (Å²) in [6, 6.07) is 13.0. The summed E-state index contributed by atoms with van der Waals surface area (Å²) >= 11 is 6.30. The third kappa shape index (κ3) is 4.99. The number of nitrogens with two attached hydrogens (primary N) is 1. The summed E-state index contributed by atoms with van der Waals surface area (Å²) in [7, 11) is 3.43. The standard InChI is InChI=1S/C18H20ClN5O/c1-21-11-12(10-20)18(25)24-15-7-8-17(16(19)9-15)23-14-5-3-13(22-2)4-6-14/h3-11,22-23H,20H2,1-2H3,(H,24,25). The number of nitrogens with one attached hydrogen (secondary N) is 3. The maximum Gasteiger partial charge on any atom is 0.258 e. The van der Waals surface area contributed by atoms with Crippen LogP contribution in [-0.4, -0.2) is 26.2 Å². The third-order valence-corrected chi connectivity index (χ3v) is 3.70. The van der Waals surface area contributed by atoms with Gasteiger partial charge >= 0.3 is 0 Å². The molecule has 0 aliphatic heterocycles. The van der Waals surface area contributed by atoms with Gasteiger partial charge in [-0.2, -0.15) is 0 Å². The van der Waals surface area contributed by atoms with E-state index in [1.165, 1.54) is 12.4 Å². The molecule has 2 rings (SSSR count). The average Bonchev–Trinajstić information content (AvgIpc) is 2.62. The van der Waals surface area contributed by atoms with Gasteiger partial charge in [-0.15, -0.1) is 0 Å². The minimum absolute atomic E-state index is 0.269. The number of nitrogens with zero attached hydrogens (tertiary/aromatic N) is 1. The molecule has 130 valence electrons. The molecule has 0 bridgehead atoms. The zero-order chi connectivity index (χ0) is 18.2. The van der Waals surface area contributed by atoms with Crippen molar-refractivity contribution < 1.29 is 4.79 Å². The van der Waals surface area contributed by atoms with E-state index in [1.807, 2.05) is 31.3 Å². The first-order valence-electron chi connectivity index (χ1n) is 7.57. The number of amides is 1. The van der Waals surface area contributed by atoms with Gasteiger partial charge in [0, 0.05) is 43.6 Å². The van der Waals surface area contributed by atoms with Crippen LogP contribution in [0.4, 0.5) is 22.7 Å². The number of hydrogen-bond donors (Lipinski definition) is 4. The highest BCUT2D eigenvalue weighted by atomic mass is 35.5. The molecule has 7 heteroatoms. The summed E-state index contributed by atoms with van der Waals surface area (Å²) < 4.78 is 0. The number of hydrogen-bond acceptors (Lipinski definition) is 5. The molecule has 0 aliphatic carbocycles. The first kappa shape index (κ1) is 18.4. The number of aliphatic imine (C=N–C) groups is 1. The molecule has 0 heterocycles. The van der Waals surface area contributed by atoms with E-state index in [0.29, 0.717) is 10.7 Å². The second-order valence-corrected chi connectivity index (χ2v) is 5.52. The molecule has 0 fully saturated rings. The number of anilines is 4. The van der Waals surface area contributed by atoms with E-state index in [4.69, 9.17) is 17.3 Å². The lowest BCUT2D eigenvalue weighted by molar-refractivity contribution is -0.112. The highest BCUT2D eigenvalue weighted by Crippen LogP contribution is 2.29. The van der Waals surface area contributed by atoms with Gasteiger partial charge in [0.2, 0.25) is 0 Å². The van der Waals surface area contributed by atoms with Gasteiger partial charge in [0.15, 0.2) is 0 Å². The first-order chi connectivity index (χ1) is 12.1. The Kier molecular flexibility index (Phi) is 6.42. The molecule has 6 nitrogen and oxygen atoms in total. The molecule has 0 atom stereocenters. The number of benzene rings is 2. The van der Waals surface area contributed by atoms with Crippen LogP contribution >= 0.6 is 11.6 Å². The Bertz CT molecular complexity index is 800. The predicted octanol–water partition coefficient (Wildman–Crippen LogP) is 3.61. The SMILES string of the molecule is CN=CC(=CN)C(=O)Nc1ccc(Nc2ccc(NC)cc2)c(Cl)c1. The van der Waals surface area contributed by atoms with Crippen LogP contribution in [0.2, 0.25) is 5.02 Å². The Morgan fingerprint density at radius 1 is 1.12 bits per heavy atom. The van der Waals surface area contributed by atoms with Gasteiger partial charge in [-0.1, -0.05) is 11.6 Å². The normalized spacial score (nSPS) is 11.4. The Labute approximate surface area is 151 Å². The molecular formula is C18H20ClN5O. The molecule has 0 spiro atoms. The number of carbonyl (C=O) groups excluding carboxylic acids is 1. The van der Waals surface area contributed by atoms with E-state index < -0.39 is 0 Å². The zero-order valence-corrected chi connectivity index (χ0v) is 14.8. The van der Waals surface area contributed by atoms with Crippen molar-refractivity contribution in [2.75, 3.05) is 30.0 Å². The molecule has 2 aromatic carbocycles. The molecule has 0 aliphatic rings. The minimum Gasteiger partial charge on any atom is -0.404 e. The van der Waals surface area contributed by atoms with Gasteiger partial charge < -0.3 is 21.7 Å². The lowest BCUT2D eigenvalue weighted by Gasteiger charge is -2.11. The smallest absolute Gasteiger partial charge is 0.258 e. The Morgan fingerprint density at radius 2 is 1.76 bits per heavy atom. The van der Waals surface area contributed by atoms with Gasteiger partial charge in [-0.05, 0) is 42.5 Å². The lowest BCUT2D eigenvalue weighted by Crippen LogP contribution is -2.16. The van der Waals surface area contributed by atoms with Crippen LogP contribution < -0.4 is 21.7 Å². The molecular weight excluding hydrogens is 338 g/mol. The molecule has 0 saturated carbocycles. The molecule has 0 saturated heterocycles. The Balaban J connectivity index is 2.10. The van der Waals surface area contributed by atoms with E-state index in [2.05, 4.69) is 20.9 Å². The summed E-state index contributed by atoms with van der Waals surface area (Å²) in [5, 5.41) is 9.50. The summed E-state index contributed by atoms with van der Waals surface area (Å²) in [5.74, 6) is -0.354. The van der Waals surface area contributed by atoms with Gasteiger partial charge in [0.05, 0.1) is 16.3 Å². The molecule has 5 N–H and O–H groups in total. The Hall–Kier alpha value is -2.99. The largest absolute Gasteiger partial charge is 0.404 e. The van der Waals surface area contributed by atoms with Crippen LogP contribution in [0.3, 0.4) is 0 Å². The van der Waals surface area contributed by atoms with Crippen molar-refractivity contribution in [2.24, 2.45) is 10.7 Å². The van der Waals surface area contributed by atoms with Crippen LogP contribution in [0.25, 0.3) is 0 Å². The molecule has 25 heavy (non-hydrogen) atoms. The molecule has 1 amide bonds. The summed E-state index contributed by atoms with van der Waals surface area (Å²) in [4.78, 5) is 15.9. The fourth-order valence-electron chi connectivity index (χ4n) is 2.09. The number of carbonyl (C=O) groups is 1. The van der Waals surface area contributed by atoms with Crippen molar-refractivity contribution in [1.29, 1.82) is 0 Å². The fraction of sp³-hybridized carbons (Fsp3) is 0.111. The maximum atomic E-state index is 12.1. The van der Waals surface area contributed by atoms with Crippen molar-refractivity contribution in [3.8, 4) is 0 Å². The highest BCUT2D eigenvalue weighted by Gasteiger charge is 2.09. The van der Waals surface area contributed by atoms with Crippen molar-refractivity contribution in [1.82, 2.24) is 0 Å².